The quantitative estimate of drug-likeness (QED) is 0.226. The van der Waals surface area contributed by atoms with E-state index in [9.17, 15) is 24.6 Å². The molecule has 0 fully saturated rings. The number of amides is 1. The van der Waals surface area contributed by atoms with Crippen LogP contribution in [0.3, 0.4) is 0 Å². The van der Waals surface area contributed by atoms with Crippen molar-refractivity contribution in [2.75, 3.05) is 13.7 Å². The molecule has 0 aromatic rings. The molecule has 9 heteroatoms. The number of ether oxygens (including phenoxy) is 1. The number of nitrogens with zero attached hydrogens (tertiary/aromatic N) is 2. The Hall–Kier alpha value is -2.32. The Labute approximate surface area is 115 Å². The van der Waals surface area contributed by atoms with Gasteiger partial charge in [-0.25, -0.2) is 0 Å². The van der Waals surface area contributed by atoms with Crippen LogP contribution >= 0.6 is 0 Å². The van der Waals surface area contributed by atoms with Crippen LogP contribution in [0.5, 0.6) is 0 Å². The fourth-order valence-electron chi connectivity index (χ4n) is 1.38. The molecule has 0 bridgehead atoms. The van der Waals surface area contributed by atoms with E-state index in [-0.39, 0.29) is 0 Å². The van der Waals surface area contributed by atoms with Crippen molar-refractivity contribution in [1.29, 1.82) is 0 Å². The minimum atomic E-state index is -1.42. The highest BCUT2D eigenvalue weighted by atomic mass is 16.6. The van der Waals surface area contributed by atoms with E-state index in [0.29, 0.717) is 12.0 Å². The fourth-order valence-corrected chi connectivity index (χ4v) is 1.38. The van der Waals surface area contributed by atoms with Crippen molar-refractivity contribution in [2.24, 2.45) is 5.18 Å². The molecule has 0 radical (unpaired) electrons. The summed E-state index contributed by atoms with van der Waals surface area (Å²) >= 11 is 0. The van der Waals surface area contributed by atoms with Gasteiger partial charge in [0.15, 0.2) is 6.04 Å². The summed E-state index contributed by atoms with van der Waals surface area (Å²) in [5.74, 6) is -1.49. The molecule has 9 nitrogen and oxygen atoms in total. The zero-order chi connectivity index (χ0) is 15.7. The van der Waals surface area contributed by atoms with E-state index in [1.807, 2.05) is 0 Å². The lowest BCUT2D eigenvalue weighted by Crippen LogP contribution is -2.36. The number of nitroso groups, excluding NO2 is 1. The van der Waals surface area contributed by atoms with E-state index >= 15 is 0 Å². The summed E-state index contributed by atoms with van der Waals surface area (Å²) in [6, 6.07) is -2.44. The van der Waals surface area contributed by atoms with E-state index in [4.69, 9.17) is 0 Å². The van der Waals surface area contributed by atoms with Crippen LogP contribution in [0.25, 0.3) is 0 Å². The Morgan fingerprint density at radius 1 is 1.50 bits per heavy atom. The highest BCUT2D eigenvalue weighted by Crippen LogP contribution is 2.12. The van der Waals surface area contributed by atoms with Gasteiger partial charge in [0.25, 0.3) is 5.91 Å². The normalized spacial score (nSPS) is 14.1. The summed E-state index contributed by atoms with van der Waals surface area (Å²) in [5, 5.41) is 15.5. The first kappa shape index (κ1) is 17.7. The second-order valence-electron chi connectivity index (χ2n) is 3.90. The monoisotopic (exact) mass is 287 g/mol. The van der Waals surface area contributed by atoms with Crippen LogP contribution in [-0.4, -0.2) is 42.5 Å². The maximum Gasteiger partial charge on any atom is 0.325 e. The van der Waals surface area contributed by atoms with Gasteiger partial charge in [0, 0.05) is 17.4 Å². The molecule has 20 heavy (non-hydrogen) atoms. The van der Waals surface area contributed by atoms with Gasteiger partial charge in [0.05, 0.1) is 7.11 Å². The fraction of sp³-hybridized carbons (Fsp3) is 0.636. The molecule has 2 unspecified atom stereocenters. The smallest absolute Gasteiger partial charge is 0.325 e. The van der Waals surface area contributed by atoms with Crippen LogP contribution in [0.2, 0.25) is 0 Å². The van der Waals surface area contributed by atoms with E-state index < -0.39 is 35.4 Å². The maximum absolute atomic E-state index is 11.6. The second kappa shape index (κ2) is 8.73. The van der Waals surface area contributed by atoms with Crippen LogP contribution in [0.1, 0.15) is 20.3 Å². The Bertz CT molecular complexity index is 420. The first-order valence-corrected chi connectivity index (χ1v) is 5.88. The van der Waals surface area contributed by atoms with E-state index in [2.05, 4.69) is 15.2 Å². The van der Waals surface area contributed by atoms with Crippen LogP contribution < -0.4 is 5.32 Å². The molecule has 1 N–H and O–H groups in total. The third-order valence-corrected chi connectivity index (χ3v) is 2.65. The van der Waals surface area contributed by atoms with Crippen molar-refractivity contribution in [3.05, 3.63) is 26.7 Å². The summed E-state index contributed by atoms with van der Waals surface area (Å²) in [6.45, 7) is 2.62. The molecule has 0 spiro atoms. The minimum absolute atomic E-state index is 0.304. The van der Waals surface area contributed by atoms with Crippen LogP contribution in [0.4, 0.5) is 0 Å². The molecule has 0 rings (SSSR count). The van der Waals surface area contributed by atoms with E-state index in [0.717, 1.165) is 13.2 Å². The number of carbonyl (C=O) groups is 2. The molecule has 0 saturated carbocycles. The van der Waals surface area contributed by atoms with E-state index in [1.165, 1.54) is 6.92 Å². The molecule has 0 aliphatic heterocycles. The molecule has 0 saturated heterocycles. The summed E-state index contributed by atoms with van der Waals surface area (Å²) in [6.07, 6.45) is 1.45. The lowest BCUT2D eigenvalue weighted by atomic mass is 10.0. The van der Waals surface area contributed by atoms with Gasteiger partial charge in [-0.2, -0.15) is 0 Å². The van der Waals surface area contributed by atoms with Gasteiger partial charge in [-0.15, -0.1) is 4.91 Å². The summed E-state index contributed by atoms with van der Waals surface area (Å²) < 4.78 is 4.32. The average molecular weight is 287 g/mol. The Balaban J connectivity index is 4.88. The molecule has 0 heterocycles. The number of nitrogens with one attached hydrogen (secondary N) is 1. The number of methoxy groups -OCH3 is 1. The minimum Gasteiger partial charge on any atom is -0.468 e. The highest BCUT2D eigenvalue weighted by Gasteiger charge is 2.23. The molecule has 0 aromatic heterocycles. The van der Waals surface area contributed by atoms with Gasteiger partial charge in [-0.1, -0.05) is 12.1 Å². The molecular formula is C11H17N3O6. The van der Waals surface area contributed by atoms with Crippen molar-refractivity contribution in [2.45, 2.75) is 32.4 Å². The number of carbonyl (C=O) groups excluding carboxylic acids is 2. The second-order valence-corrected chi connectivity index (χ2v) is 3.90. The average Bonchev–Trinajstić information content (AvgIpc) is 2.44. The van der Waals surface area contributed by atoms with Crippen molar-refractivity contribution >= 4 is 11.9 Å². The van der Waals surface area contributed by atoms with Gasteiger partial charge in [0.1, 0.15) is 6.54 Å². The van der Waals surface area contributed by atoms with Crippen molar-refractivity contribution in [1.82, 2.24) is 5.32 Å². The van der Waals surface area contributed by atoms with Crippen molar-refractivity contribution in [3.63, 3.8) is 0 Å². The predicted molar refractivity (Wildman–Crippen MR) is 69.4 cm³/mol. The number of nitro groups is 1. The lowest BCUT2D eigenvalue weighted by molar-refractivity contribution is -0.508. The maximum atomic E-state index is 11.6. The third kappa shape index (κ3) is 5.55. The van der Waals surface area contributed by atoms with Crippen LogP contribution in [0, 0.1) is 15.0 Å². The Morgan fingerprint density at radius 3 is 2.50 bits per heavy atom. The lowest BCUT2D eigenvalue weighted by Gasteiger charge is -2.10. The standard InChI is InChI=1S/C11H17N3O6/c1-4-8(7(2)14(18)19)5-9(13-17)11(16)12-6-10(15)20-3/h5,7,9H,4,6H2,1-3H3,(H,12,16). The van der Waals surface area contributed by atoms with E-state index in [1.54, 1.807) is 6.92 Å². The number of hydrogen-bond acceptors (Lipinski definition) is 7. The van der Waals surface area contributed by atoms with Gasteiger partial charge >= 0.3 is 5.97 Å². The first-order valence-electron chi connectivity index (χ1n) is 5.88. The van der Waals surface area contributed by atoms with Crippen molar-refractivity contribution in [3.8, 4) is 0 Å². The number of esters is 1. The molecule has 0 aliphatic carbocycles. The Kier molecular flexibility index (Phi) is 7.71. The predicted octanol–water partition coefficient (Wildman–Crippen LogP) is 0.412. The van der Waals surface area contributed by atoms with Gasteiger partial charge in [0.2, 0.25) is 6.04 Å². The SMILES string of the molecule is CCC(=CC(N=O)C(=O)NCC(=O)OC)C(C)[N+](=O)[O-]. The van der Waals surface area contributed by atoms with Crippen molar-refractivity contribution < 1.29 is 19.2 Å². The van der Waals surface area contributed by atoms with Gasteiger partial charge in [-0.05, 0) is 12.5 Å². The van der Waals surface area contributed by atoms with Gasteiger partial charge < -0.3 is 10.1 Å². The number of hydrogen-bond donors (Lipinski definition) is 1. The summed E-state index contributed by atoms with van der Waals surface area (Å²) in [5.41, 5.74) is 0.313. The number of rotatable bonds is 8. The molecule has 112 valence electrons. The first-order chi connectivity index (χ1) is 9.37. The highest BCUT2D eigenvalue weighted by molar-refractivity contribution is 5.87. The topological polar surface area (TPSA) is 128 Å². The van der Waals surface area contributed by atoms with Crippen LogP contribution in [0.15, 0.2) is 16.8 Å². The zero-order valence-corrected chi connectivity index (χ0v) is 11.5. The van der Waals surface area contributed by atoms with Gasteiger partial charge in [-0.3, -0.25) is 19.7 Å². The molecule has 0 aromatic carbocycles. The summed E-state index contributed by atoms with van der Waals surface area (Å²) in [7, 11) is 1.15. The molecule has 2 atom stereocenters. The molecular weight excluding hydrogens is 270 g/mol. The largest absolute Gasteiger partial charge is 0.468 e. The third-order valence-electron chi connectivity index (χ3n) is 2.65. The molecule has 1 amide bonds. The molecule has 0 aliphatic rings. The van der Waals surface area contributed by atoms with Crippen LogP contribution in [-0.2, 0) is 14.3 Å². The Morgan fingerprint density at radius 2 is 2.10 bits per heavy atom. The summed E-state index contributed by atoms with van der Waals surface area (Å²) in [4.78, 5) is 43.3. The zero-order valence-electron chi connectivity index (χ0n) is 11.5.